The lowest BCUT2D eigenvalue weighted by Crippen LogP contribution is -2.30. The van der Waals surface area contributed by atoms with Gasteiger partial charge >= 0.3 is 16.3 Å². The van der Waals surface area contributed by atoms with Gasteiger partial charge in [-0.1, -0.05) is 18.2 Å². The number of rotatable bonds is 8. The Hall–Kier alpha value is -4.12. The Bertz CT molecular complexity index is 1470. The average Bonchev–Trinajstić information content (AvgIpc) is 3.37. The van der Waals surface area contributed by atoms with Crippen molar-refractivity contribution in [3.63, 3.8) is 0 Å². The second-order valence-corrected chi connectivity index (χ2v) is 9.50. The molecule has 0 N–H and O–H groups in total. The molecule has 0 aliphatic heterocycles. The van der Waals surface area contributed by atoms with Crippen molar-refractivity contribution in [1.29, 1.82) is 0 Å². The highest BCUT2D eigenvalue weighted by molar-refractivity contribution is 7.87. The molecular formula is C26H19F4NO5S. The first-order chi connectivity index (χ1) is 17.5. The van der Waals surface area contributed by atoms with Crippen LogP contribution in [0.15, 0.2) is 101 Å². The minimum atomic E-state index is -4.71. The summed E-state index contributed by atoms with van der Waals surface area (Å²) >= 11 is 0. The number of benzene rings is 3. The van der Waals surface area contributed by atoms with Crippen molar-refractivity contribution in [1.82, 2.24) is 4.90 Å². The Balaban J connectivity index is 1.51. The van der Waals surface area contributed by atoms with Gasteiger partial charge < -0.3 is 13.5 Å². The highest BCUT2D eigenvalue weighted by Crippen LogP contribution is 2.31. The van der Waals surface area contributed by atoms with E-state index >= 15 is 0 Å². The molecule has 6 nitrogen and oxygen atoms in total. The van der Waals surface area contributed by atoms with Crippen molar-refractivity contribution < 1.29 is 39.4 Å². The quantitative estimate of drug-likeness (QED) is 0.204. The molecule has 1 amide bonds. The summed E-state index contributed by atoms with van der Waals surface area (Å²) in [7, 11) is -4.53. The first kappa shape index (κ1) is 26.0. The van der Waals surface area contributed by atoms with Crippen LogP contribution >= 0.6 is 0 Å². The fourth-order valence-corrected chi connectivity index (χ4v) is 4.42. The minimum Gasteiger partial charge on any atom is -0.467 e. The average molecular weight is 533 g/mol. The van der Waals surface area contributed by atoms with E-state index in [0.717, 1.165) is 18.2 Å². The predicted molar refractivity (Wildman–Crippen MR) is 124 cm³/mol. The topological polar surface area (TPSA) is 76.8 Å². The van der Waals surface area contributed by atoms with Crippen LogP contribution in [-0.2, 0) is 29.4 Å². The number of furan rings is 1. The van der Waals surface area contributed by atoms with Crippen LogP contribution < -0.4 is 4.18 Å². The largest absolute Gasteiger partial charge is 0.467 e. The SMILES string of the molecule is O=C(c1ccc(F)cc1)N(Cc1ccc(OS(=O)(=O)c2cccc(C(F)(F)F)c2)cc1)Cc1ccco1. The van der Waals surface area contributed by atoms with Gasteiger partial charge in [0, 0.05) is 12.1 Å². The van der Waals surface area contributed by atoms with E-state index in [0.29, 0.717) is 17.4 Å². The number of halogens is 4. The van der Waals surface area contributed by atoms with Crippen molar-refractivity contribution >= 4 is 16.0 Å². The van der Waals surface area contributed by atoms with Gasteiger partial charge in [0.25, 0.3) is 5.91 Å². The maximum atomic E-state index is 13.3. The third kappa shape index (κ3) is 6.56. The summed E-state index contributed by atoms with van der Waals surface area (Å²) in [6, 6.07) is 17.4. The molecule has 4 rings (SSSR count). The van der Waals surface area contributed by atoms with Gasteiger partial charge in [0.1, 0.15) is 22.2 Å². The number of alkyl halides is 3. The maximum absolute atomic E-state index is 13.3. The Morgan fingerprint density at radius 2 is 1.59 bits per heavy atom. The molecule has 1 heterocycles. The number of carbonyl (C=O) groups excluding carboxylic acids is 1. The van der Waals surface area contributed by atoms with Crippen molar-refractivity contribution in [3.8, 4) is 5.75 Å². The van der Waals surface area contributed by atoms with Crippen LogP contribution in [0, 0.1) is 5.82 Å². The van der Waals surface area contributed by atoms with Crippen LogP contribution in [0.2, 0.25) is 0 Å². The third-order valence-corrected chi connectivity index (χ3v) is 6.50. The van der Waals surface area contributed by atoms with Crippen molar-refractivity contribution in [2.45, 2.75) is 24.2 Å². The lowest BCUT2D eigenvalue weighted by Gasteiger charge is -2.22. The van der Waals surface area contributed by atoms with E-state index in [1.807, 2.05) is 0 Å². The second kappa shape index (κ2) is 10.5. The van der Waals surface area contributed by atoms with Crippen LogP contribution in [0.1, 0.15) is 27.2 Å². The predicted octanol–water partition coefficient (Wildman–Crippen LogP) is 6.05. The number of nitrogens with zero attached hydrogens (tertiary/aromatic N) is 1. The molecule has 0 spiro atoms. The Morgan fingerprint density at radius 1 is 0.892 bits per heavy atom. The molecule has 3 aromatic carbocycles. The Kier molecular flexibility index (Phi) is 7.35. The first-order valence-electron chi connectivity index (χ1n) is 10.8. The molecular weight excluding hydrogens is 514 g/mol. The zero-order valence-electron chi connectivity index (χ0n) is 19.0. The molecule has 4 aromatic rings. The van der Waals surface area contributed by atoms with E-state index in [9.17, 15) is 30.8 Å². The highest BCUT2D eigenvalue weighted by atomic mass is 32.2. The van der Waals surface area contributed by atoms with E-state index in [-0.39, 0.29) is 30.3 Å². The molecule has 0 fully saturated rings. The zero-order chi connectivity index (χ0) is 26.6. The van der Waals surface area contributed by atoms with Gasteiger partial charge in [0.05, 0.1) is 18.4 Å². The molecule has 1 aromatic heterocycles. The summed E-state index contributed by atoms with van der Waals surface area (Å²) in [4.78, 5) is 13.9. The highest BCUT2D eigenvalue weighted by Gasteiger charge is 2.32. The van der Waals surface area contributed by atoms with Gasteiger partial charge in [-0.25, -0.2) is 4.39 Å². The van der Waals surface area contributed by atoms with E-state index in [4.69, 9.17) is 8.60 Å². The number of hydrogen-bond acceptors (Lipinski definition) is 5. The number of carbonyl (C=O) groups is 1. The fourth-order valence-electron chi connectivity index (χ4n) is 3.44. The zero-order valence-corrected chi connectivity index (χ0v) is 19.8. The van der Waals surface area contributed by atoms with Gasteiger partial charge in [-0.15, -0.1) is 0 Å². The summed E-state index contributed by atoms with van der Waals surface area (Å²) in [5, 5.41) is 0. The van der Waals surface area contributed by atoms with Crippen molar-refractivity contribution in [2.24, 2.45) is 0 Å². The fraction of sp³-hybridized carbons (Fsp3) is 0.115. The molecule has 192 valence electrons. The van der Waals surface area contributed by atoms with Crippen LogP contribution in [0.3, 0.4) is 0 Å². The number of hydrogen-bond donors (Lipinski definition) is 0. The van der Waals surface area contributed by atoms with Gasteiger partial charge in [-0.3, -0.25) is 4.79 Å². The second-order valence-electron chi connectivity index (χ2n) is 7.95. The van der Waals surface area contributed by atoms with Crippen LogP contribution in [0.5, 0.6) is 5.75 Å². The molecule has 0 saturated carbocycles. The van der Waals surface area contributed by atoms with Crippen molar-refractivity contribution in [2.75, 3.05) is 0 Å². The molecule has 11 heteroatoms. The van der Waals surface area contributed by atoms with Crippen LogP contribution in [0.25, 0.3) is 0 Å². The Morgan fingerprint density at radius 3 is 2.22 bits per heavy atom. The Labute approximate surface area is 209 Å². The summed E-state index contributed by atoms with van der Waals surface area (Å²) in [6.07, 6.45) is -3.24. The summed E-state index contributed by atoms with van der Waals surface area (Å²) in [5.74, 6) is -0.472. The number of amides is 1. The molecule has 37 heavy (non-hydrogen) atoms. The first-order valence-corrected chi connectivity index (χ1v) is 12.2. The standard InChI is InChI=1S/C26H19F4NO5S/c27-21-10-8-19(9-11-21)25(32)31(17-23-4-2-14-35-23)16-18-6-12-22(13-7-18)36-37(33,34)24-5-1-3-20(15-24)26(28,29)30/h1-15H,16-17H2. The van der Waals surface area contributed by atoms with Gasteiger partial charge in [-0.2, -0.15) is 21.6 Å². The molecule has 0 aliphatic carbocycles. The van der Waals surface area contributed by atoms with Gasteiger partial charge in [0.15, 0.2) is 0 Å². The molecule has 0 unspecified atom stereocenters. The van der Waals surface area contributed by atoms with E-state index in [2.05, 4.69) is 0 Å². The van der Waals surface area contributed by atoms with E-state index in [1.165, 1.54) is 59.7 Å². The lowest BCUT2D eigenvalue weighted by atomic mass is 10.1. The summed E-state index contributed by atoms with van der Waals surface area (Å²) in [5.41, 5.74) is -0.249. The van der Waals surface area contributed by atoms with Crippen LogP contribution in [0.4, 0.5) is 17.6 Å². The van der Waals surface area contributed by atoms with Crippen LogP contribution in [-0.4, -0.2) is 19.2 Å². The normalized spacial score (nSPS) is 11.8. The third-order valence-electron chi connectivity index (χ3n) is 5.26. The lowest BCUT2D eigenvalue weighted by molar-refractivity contribution is -0.137. The molecule has 0 radical (unpaired) electrons. The molecule has 0 bridgehead atoms. The molecule has 0 aliphatic rings. The van der Waals surface area contributed by atoms with E-state index < -0.39 is 32.6 Å². The van der Waals surface area contributed by atoms with Gasteiger partial charge in [0.2, 0.25) is 0 Å². The maximum Gasteiger partial charge on any atom is 0.416 e. The molecule has 0 saturated heterocycles. The summed E-state index contributed by atoms with van der Waals surface area (Å²) < 4.78 is 87.5. The van der Waals surface area contributed by atoms with E-state index in [1.54, 1.807) is 12.1 Å². The smallest absolute Gasteiger partial charge is 0.416 e. The van der Waals surface area contributed by atoms with Gasteiger partial charge in [-0.05, 0) is 72.3 Å². The summed E-state index contributed by atoms with van der Waals surface area (Å²) in [6.45, 7) is 0.211. The molecule has 0 atom stereocenters. The minimum absolute atomic E-state index is 0.0948. The monoisotopic (exact) mass is 533 g/mol. The van der Waals surface area contributed by atoms with Crippen molar-refractivity contribution in [3.05, 3.63) is 119 Å².